The van der Waals surface area contributed by atoms with Gasteiger partial charge >= 0.3 is 0 Å². The number of carbonyl (C=O) groups is 1. The summed E-state index contributed by atoms with van der Waals surface area (Å²) in [4.78, 5) is 14.4. The Bertz CT molecular complexity index is 308. The highest BCUT2D eigenvalue weighted by Gasteiger charge is 2.29. The molecule has 6 nitrogen and oxygen atoms in total. The summed E-state index contributed by atoms with van der Waals surface area (Å²) in [5, 5.41) is 3.00. The molecule has 2 saturated heterocycles. The van der Waals surface area contributed by atoms with Crippen molar-refractivity contribution >= 4 is 5.91 Å². The number of carbonyl (C=O) groups excluding carboxylic acids is 1. The van der Waals surface area contributed by atoms with E-state index in [-0.39, 0.29) is 18.1 Å². The highest BCUT2D eigenvalue weighted by atomic mass is 16.5. The molecule has 0 saturated carbocycles. The fraction of sp³-hybridized carbons (Fsp3) is 0.929. The van der Waals surface area contributed by atoms with E-state index < -0.39 is 0 Å². The molecule has 0 radical (unpaired) electrons. The summed E-state index contributed by atoms with van der Waals surface area (Å²) in [5.74, 6) is 0.443. The minimum Gasteiger partial charge on any atom is -0.379 e. The van der Waals surface area contributed by atoms with Gasteiger partial charge < -0.3 is 20.5 Å². The maximum atomic E-state index is 12.0. The van der Waals surface area contributed by atoms with E-state index in [2.05, 4.69) is 17.1 Å². The minimum atomic E-state index is -0.306. The number of nitrogens with two attached hydrogens (primary N) is 1. The predicted octanol–water partition coefficient (Wildman–Crippen LogP) is -0.423. The average molecular weight is 285 g/mol. The van der Waals surface area contributed by atoms with Crippen LogP contribution in [0.4, 0.5) is 0 Å². The predicted molar refractivity (Wildman–Crippen MR) is 76.4 cm³/mol. The lowest BCUT2D eigenvalue weighted by molar-refractivity contribution is -0.132. The van der Waals surface area contributed by atoms with Crippen LogP contribution in [-0.2, 0) is 14.3 Å². The van der Waals surface area contributed by atoms with Gasteiger partial charge in [0.05, 0.1) is 19.3 Å². The van der Waals surface area contributed by atoms with Crippen molar-refractivity contribution in [2.45, 2.75) is 32.0 Å². The van der Waals surface area contributed by atoms with Gasteiger partial charge in [-0.25, -0.2) is 0 Å². The summed E-state index contributed by atoms with van der Waals surface area (Å²) < 4.78 is 10.9. The fourth-order valence-electron chi connectivity index (χ4n) is 2.75. The Morgan fingerprint density at radius 2 is 2.15 bits per heavy atom. The van der Waals surface area contributed by atoms with Gasteiger partial charge in [-0.2, -0.15) is 0 Å². The van der Waals surface area contributed by atoms with Crippen molar-refractivity contribution < 1.29 is 14.3 Å². The van der Waals surface area contributed by atoms with Crippen molar-refractivity contribution in [1.29, 1.82) is 0 Å². The lowest BCUT2D eigenvalue weighted by atomic mass is 10.1. The first-order valence-corrected chi connectivity index (χ1v) is 7.62. The lowest BCUT2D eigenvalue weighted by Crippen LogP contribution is -2.43. The van der Waals surface area contributed by atoms with Gasteiger partial charge in [-0.3, -0.25) is 9.69 Å². The number of hydrogen-bond donors (Lipinski definition) is 2. The van der Waals surface area contributed by atoms with Crippen LogP contribution in [0, 0.1) is 5.92 Å². The molecule has 0 aromatic carbocycles. The number of hydrogen-bond acceptors (Lipinski definition) is 5. The first-order chi connectivity index (χ1) is 9.69. The van der Waals surface area contributed by atoms with Crippen molar-refractivity contribution in [1.82, 2.24) is 10.2 Å². The van der Waals surface area contributed by atoms with Gasteiger partial charge in [0.2, 0.25) is 5.91 Å². The van der Waals surface area contributed by atoms with Crippen LogP contribution >= 0.6 is 0 Å². The van der Waals surface area contributed by atoms with Crippen molar-refractivity contribution in [2.24, 2.45) is 11.7 Å². The van der Waals surface area contributed by atoms with Crippen molar-refractivity contribution in [3.63, 3.8) is 0 Å². The average Bonchev–Trinajstić information content (AvgIpc) is 2.95. The van der Waals surface area contributed by atoms with Gasteiger partial charge in [-0.15, -0.1) is 0 Å². The monoisotopic (exact) mass is 285 g/mol. The molecular weight excluding hydrogens is 258 g/mol. The van der Waals surface area contributed by atoms with Crippen LogP contribution in [0.1, 0.15) is 19.8 Å². The molecular formula is C14H27N3O3. The number of nitrogens with one attached hydrogen (secondary N) is 1. The standard InChI is InChI=1S/C14H27N3O3/c1-11(10-17-4-6-19-7-5-17)9-16-14(18)13-3-2-12(8-15)20-13/h11-13H,2-10,15H2,1H3,(H,16,18)/t11?,12-,13+/m1/s1. The molecule has 0 aliphatic carbocycles. The number of rotatable bonds is 6. The number of morpholine rings is 1. The van der Waals surface area contributed by atoms with Gasteiger partial charge in [-0.05, 0) is 18.8 Å². The summed E-state index contributed by atoms with van der Waals surface area (Å²) >= 11 is 0. The van der Waals surface area contributed by atoms with Crippen LogP contribution in [0.25, 0.3) is 0 Å². The van der Waals surface area contributed by atoms with Crippen LogP contribution in [-0.4, -0.2) is 69.0 Å². The number of nitrogens with zero attached hydrogens (tertiary/aromatic N) is 1. The van der Waals surface area contributed by atoms with Crippen molar-refractivity contribution in [3.8, 4) is 0 Å². The Morgan fingerprint density at radius 1 is 1.40 bits per heavy atom. The third-order valence-electron chi connectivity index (χ3n) is 3.96. The molecule has 1 unspecified atom stereocenters. The summed E-state index contributed by atoms with van der Waals surface area (Å²) in [6.45, 7) is 7.96. The summed E-state index contributed by atoms with van der Waals surface area (Å²) in [5.41, 5.74) is 5.55. The molecule has 0 bridgehead atoms. The van der Waals surface area contributed by atoms with Gasteiger partial charge in [-0.1, -0.05) is 6.92 Å². The molecule has 0 spiro atoms. The summed E-state index contributed by atoms with van der Waals surface area (Å²) in [7, 11) is 0. The van der Waals surface area contributed by atoms with Gasteiger partial charge in [0.15, 0.2) is 0 Å². The maximum absolute atomic E-state index is 12.0. The first kappa shape index (κ1) is 15.7. The van der Waals surface area contributed by atoms with Gasteiger partial charge in [0.25, 0.3) is 0 Å². The van der Waals surface area contributed by atoms with Crippen molar-refractivity contribution in [2.75, 3.05) is 45.9 Å². The Balaban J connectivity index is 1.62. The molecule has 2 rings (SSSR count). The largest absolute Gasteiger partial charge is 0.379 e. The molecule has 6 heteroatoms. The Morgan fingerprint density at radius 3 is 2.80 bits per heavy atom. The maximum Gasteiger partial charge on any atom is 0.249 e. The van der Waals surface area contributed by atoms with Crippen LogP contribution in [0.5, 0.6) is 0 Å². The summed E-state index contributed by atoms with van der Waals surface area (Å²) in [6.07, 6.45) is 1.42. The molecule has 2 aliphatic rings. The van der Waals surface area contributed by atoms with Crippen molar-refractivity contribution in [3.05, 3.63) is 0 Å². The second-order valence-electron chi connectivity index (χ2n) is 5.82. The van der Waals surface area contributed by atoms with Crippen LogP contribution in [0.3, 0.4) is 0 Å². The van der Waals surface area contributed by atoms with E-state index in [0.717, 1.165) is 45.7 Å². The Hall–Kier alpha value is -0.690. The highest BCUT2D eigenvalue weighted by molar-refractivity contribution is 5.81. The van der Waals surface area contributed by atoms with E-state index in [9.17, 15) is 4.79 Å². The Kier molecular flexibility index (Phi) is 6.22. The zero-order valence-electron chi connectivity index (χ0n) is 12.3. The third kappa shape index (κ3) is 4.70. The minimum absolute atomic E-state index is 0.00905. The number of ether oxygens (including phenoxy) is 2. The molecule has 2 fully saturated rings. The molecule has 116 valence electrons. The van der Waals surface area contributed by atoms with Crippen LogP contribution in [0.15, 0.2) is 0 Å². The molecule has 2 heterocycles. The van der Waals surface area contributed by atoms with E-state index >= 15 is 0 Å². The smallest absolute Gasteiger partial charge is 0.249 e. The molecule has 20 heavy (non-hydrogen) atoms. The fourth-order valence-corrected chi connectivity index (χ4v) is 2.75. The molecule has 0 aromatic heterocycles. The van der Waals surface area contributed by atoms with Crippen LogP contribution in [0.2, 0.25) is 0 Å². The van der Waals surface area contributed by atoms with Gasteiger partial charge in [0.1, 0.15) is 6.10 Å². The second-order valence-corrected chi connectivity index (χ2v) is 5.82. The van der Waals surface area contributed by atoms with Crippen LogP contribution < -0.4 is 11.1 Å². The summed E-state index contributed by atoms with van der Waals surface area (Å²) in [6, 6.07) is 0. The topological polar surface area (TPSA) is 76.8 Å². The van der Waals surface area contributed by atoms with E-state index in [1.807, 2.05) is 0 Å². The van der Waals surface area contributed by atoms with E-state index in [1.165, 1.54) is 0 Å². The molecule has 3 N–H and O–H groups in total. The molecule has 2 aliphatic heterocycles. The normalized spacial score (nSPS) is 29.3. The lowest BCUT2D eigenvalue weighted by Gasteiger charge is -2.29. The van der Waals surface area contributed by atoms with Gasteiger partial charge in [0, 0.05) is 32.7 Å². The van der Waals surface area contributed by atoms with E-state index in [0.29, 0.717) is 19.0 Å². The highest BCUT2D eigenvalue weighted by Crippen LogP contribution is 2.18. The third-order valence-corrected chi connectivity index (χ3v) is 3.96. The molecule has 3 atom stereocenters. The SMILES string of the molecule is CC(CNC(=O)[C@@H]1CC[C@H](CN)O1)CN1CCOCC1. The van der Waals surface area contributed by atoms with E-state index in [4.69, 9.17) is 15.2 Å². The zero-order valence-corrected chi connectivity index (χ0v) is 12.3. The molecule has 1 amide bonds. The quantitative estimate of drug-likeness (QED) is 0.693. The van der Waals surface area contributed by atoms with E-state index in [1.54, 1.807) is 0 Å². The zero-order chi connectivity index (χ0) is 14.4. The number of amides is 1. The molecule has 0 aromatic rings. The second kappa shape index (κ2) is 7.93. The Labute approximate surface area is 121 Å². The first-order valence-electron chi connectivity index (χ1n) is 7.62.